The Bertz CT molecular complexity index is 753. The molecular formula is C16H10ClNO2S. The molecule has 0 fully saturated rings. The molecule has 0 saturated carbocycles. The number of benzene rings is 2. The number of nitrogens with zero attached hydrogens (tertiary/aromatic N) is 1. The molecule has 21 heavy (non-hydrogen) atoms. The third-order valence-corrected chi connectivity index (χ3v) is 3.98. The van der Waals surface area contributed by atoms with Crippen LogP contribution in [0.3, 0.4) is 0 Å². The zero-order valence-corrected chi connectivity index (χ0v) is 12.4. The first-order chi connectivity index (χ1) is 10.2. The first-order valence-electron chi connectivity index (χ1n) is 6.21. The Kier molecular flexibility index (Phi) is 3.99. The van der Waals surface area contributed by atoms with Crippen molar-refractivity contribution in [2.45, 2.75) is 0 Å². The predicted octanol–water partition coefficient (Wildman–Crippen LogP) is 4.68. The summed E-state index contributed by atoms with van der Waals surface area (Å²) in [5.74, 6) is -0.410. The molecular weight excluding hydrogens is 306 g/mol. The van der Waals surface area contributed by atoms with Crippen molar-refractivity contribution in [2.24, 2.45) is 0 Å². The van der Waals surface area contributed by atoms with Crippen molar-refractivity contribution < 1.29 is 9.53 Å². The van der Waals surface area contributed by atoms with E-state index in [2.05, 4.69) is 4.98 Å². The highest BCUT2D eigenvalue weighted by molar-refractivity contribution is 7.16. The SMILES string of the molecule is O=C(Oc1ncc(-c2ccc(Cl)cc2)s1)c1ccccc1. The van der Waals surface area contributed by atoms with Gasteiger partial charge in [-0.2, -0.15) is 0 Å². The highest BCUT2D eigenvalue weighted by Gasteiger charge is 2.11. The van der Waals surface area contributed by atoms with Crippen LogP contribution in [0, 0.1) is 0 Å². The number of esters is 1. The smallest absolute Gasteiger partial charge is 0.345 e. The maximum atomic E-state index is 11.9. The van der Waals surface area contributed by atoms with Crippen molar-refractivity contribution in [2.75, 3.05) is 0 Å². The van der Waals surface area contributed by atoms with Crippen LogP contribution in [-0.4, -0.2) is 11.0 Å². The summed E-state index contributed by atoms with van der Waals surface area (Å²) in [5.41, 5.74) is 1.49. The van der Waals surface area contributed by atoms with E-state index < -0.39 is 5.97 Å². The Balaban J connectivity index is 1.76. The molecule has 104 valence electrons. The first kappa shape index (κ1) is 13.8. The van der Waals surface area contributed by atoms with Crippen molar-refractivity contribution >= 4 is 28.9 Å². The highest BCUT2D eigenvalue weighted by atomic mass is 35.5. The second kappa shape index (κ2) is 6.08. The molecule has 3 rings (SSSR count). The van der Waals surface area contributed by atoms with E-state index in [1.165, 1.54) is 11.3 Å². The number of hydrogen-bond donors (Lipinski definition) is 0. The minimum absolute atomic E-state index is 0.328. The van der Waals surface area contributed by atoms with Crippen molar-refractivity contribution in [3.05, 3.63) is 71.4 Å². The molecule has 0 N–H and O–H groups in total. The molecule has 3 aromatic rings. The second-order valence-corrected chi connectivity index (χ2v) is 5.68. The maximum absolute atomic E-state index is 11.9. The van der Waals surface area contributed by atoms with Gasteiger partial charge in [0.2, 0.25) is 0 Å². The Hall–Kier alpha value is -2.17. The van der Waals surface area contributed by atoms with Crippen LogP contribution in [0.15, 0.2) is 60.8 Å². The van der Waals surface area contributed by atoms with Crippen LogP contribution in [0.1, 0.15) is 10.4 Å². The van der Waals surface area contributed by atoms with Crippen molar-refractivity contribution in [1.29, 1.82) is 0 Å². The third-order valence-electron chi connectivity index (χ3n) is 2.80. The summed E-state index contributed by atoms with van der Waals surface area (Å²) >= 11 is 7.18. The van der Waals surface area contributed by atoms with Gasteiger partial charge >= 0.3 is 5.97 Å². The van der Waals surface area contributed by atoms with E-state index in [0.29, 0.717) is 15.8 Å². The number of thiazole rings is 1. The summed E-state index contributed by atoms with van der Waals surface area (Å²) in [7, 11) is 0. The molecule has 0 amide bonds. The van der Waals surface area contributed by atoms with E-state index in [9.17, 15) is 4.79 Å². The van der Waals surface area contributed by atoms with E-state index in [1.807, 2.05) is 30.3 Å². The van der Waals surface area contributed by atoms with Gasteiger partial charge in [0, 0.05) is 11.2 Å². The number of carbonyl (C=O) groups is 1. The number of halogens is 1. The summed E-state index contributed by atoms with van der Waals surface area (Å²) in [5, 5.41) is 1.01. The standard InChI is InChI=1S/C16H10ClNO2S/c17-13-8-6-11(7-9-13)14-10-18-16(21-14)20-15(19)12-4-2-1-3-5-12/h1-10H. The van der Waals surface area contributed by atoms with Gasteiger partial charge in [-0.25, -0.2) is 9.78 Å². The zero-order valence-electron chi connectivity index (χ0n) is 10.8. The zero-order chi connectivity index (χ0) is 14.7. The highest BCUT2D eigenvalue weighted by Crippen LogP contribution is 2.31. The molecule has 0 aliphatic rings. The van der Waals surface area contributed by atoms with Crippen LogP contribution in [0.25, 0.3) is 10.4 Å². The van der Waals surface area contributed by atoms with Crippen LogP contribution >= 0.6 is 22.9 Å². The summed E-state index contributed by atoms with van der Waals surface area (Å²) < 4.78 is 5.27. The average Bonchev–Trinajstić information content (AvgIpc) is 2.97. The van der Waals surface area contributed by atoms with E-state index >= 15 is 0 Å². The third kappa shape index (κ3) is 3.29. The molecule has 1 aromatic heterocycles. The van der Waals surface area contributed by atoms with Crippen LogP contribution in [0.5, 0.6) is 5.19 Å². The Morgan fingerprint density at radius 1 is 1.05 bits per heavy atom. The van der Waals surface area contributed by atoms with E-state index in [4.69, 9.17) is 16.3 Å². The Morgan fingerprint density at radius 2 is 1.76 bits per heavy atom. The minimum Gasteiger partial charge on any atom is -0.394 e. The Labute approximate surface area is 130 Å². The summed E-state index contributed by atoms with van der Waals surface area (Å²) in [6.07, 6.45) is 1.68. The normalized spacial score (nSPS) is 10.3. The van der Waals surface area contributed by atoms with Gasteiger partial charge in [-0.3, -0.25) is 0 Å². The lowest BCUT2D eigenvalue weighted by molar-refractivity contribution is 0.0734. The molecule has 1 heterocycles. The Morgan fingerprint density at radius 3 is 2.48 bits per heavy atom. The molecule has 5 heteroatoms. The molecule has 0 spiro atoms. The van der Waals surface area contributed by atoms with Gasteiger partial charge in [0.15, 0.2) is 0 Å². The fourth-order valence-corrected chi connectivity index (χ4v) is 2.66. The summed E-state index contributed by atoms with van der Waals surface area (Å²) in [6.45, 7) is 0. The molecule has 0 unspecified atom stereocenters. The van der Waals surface area contributed by atoms with Crippen molar-refractivity contribution in [3.63, 3.8) is 0 Å². The lowest BCUT2D eigenvalue weighted by Gasteiger charge is -1.99. The first-order valence-corrected chi connectivity index (χ1v) is 7.41. The number of carbonyl (C=O) groups excluding carboxylic acids is 1. The van der Waals surface area contributed by atoms with Gasteiger partial charge in [-0.1, -0.05) is 53.3 Å². The molecule has 0 saturated heterocycles. The van der Waals surface area contributed by atoms with Crippen LogP contribution in [0.2, 0.25) is 5.02 Å². The maximum Gasteiger partial charge on any atom is 0.345 e. The van der Waals surface area contributed by atoms with Gasteiger partial charge in [-0.15, -0.1) is 0 Å². The monoisotopic (exact) mass is 315 g/mol. The van der Waals surface area contributed by atoms with E-state index in [0.717, 1.165) is 10.4 Å². The topological polar surface area (TPSA) is 39.2 Å². The summed E-state index contributed by atoms with van der Waals surface area (Å²) in [6, 6.07) is 16.3. The molecule has 3 nitrogen and oxygen atoms in total. The summed E-state index contributed by atoms with van der Waals surface area (Å²) in [4.78, 5) is 17.0. The molecule has 0 aliphatic heterocycles. The largest absolute Gasteiger partial charge is 0.394 e. The number of ether oxygens (including phenoxy) is 1. The molecule has 0 radical (unpaired) electrons. The van der Waals surface area contributed by atoms with Crippen LogP contribution < -0.4 is 4.74 Å². The second-order valence-electron chi connectivity index (χ2n) is 4.25. The lowest BCUT2D eigenvalue weighted by Crippen LogP contribution is -2.07. The fourth-order valence-electron chi connectivity index (χ4n) is 1.77. The van der Waals surface area contributed by atoms with Crippen LogP contribution in [0.4, 0.5) is 0 Å². The predicted molar refractivity (Wildman–Crippen MR) is 84.0 cm³/mol. The fraction of sp³-hybridized carbons (Fsp3) is 0. The lowest BCUT2D eigenvalue weighted by atomic mass is 10.2. The van der Waals surface area contributed by atoms with E-state index in [-0.39, 0.29) is 0 Å². The van der Waals surface area contributed by atoms with Gasteiger partial charge < -0.3 is 4.74 Å². The van der Waals surface area contributed by atoms with Crippen LogP contribution in [-0.2, 0) is 0 Å². The average molecular weight is 316 g/mol. The minimum atomic E-state index is -0.410. The molecule has 0 aliphatic carbocycles. The quantitative estimate of drug-likeness (QED) is 0.659. The number of hydrogen-bond acceptors (Lipinski definition) is 4. The van der Waals surface area contributed by atoms with E-state index in [1.54, 1.807) is 30.5 Å². The van der Waals surface area contributed by atoms with Gasteiger partial charge in [0.1, 0.15) is 0 Å². The molecule has 0 bridgehead atoms. The number of aromatic nitrogens is 1. The van der Waals surface area contributed by atoms with Crippen molar-refractivity contribution in [1.82, 2.24) is 4.98 Å². The van der Waals surface area contributed by atoms with Crippen molar-refractivity contribution in [3.8, 4) is 15.6 Å². The van der Waals surface area contributed by atoms with Gasteiger partial charge in [0.05, 0.1) is 10.4 Å². The molecule has 2 aromatic carbocycles. The van der Waals surface area contributed by atoms with Gasteiger partial charge in [-0.05, 0) is 29.8 Å². The molecule has 0 atom stereocenters. The number of rotatable bonds is 3. The van der Waals surface area contributed by atoms with Gasteiger partial charge in [0.25, 0.3) is 5.19 Å².